The number of hydrogen-bond acceptors (Lipinski definition) is 5. The van der Waals surface area contributed by atoms with Crippen molar-refractivity contribution in [1.82, 2.24) is 24.5 Å². The lowest BCUT2D eigenvalue weighted by atomic mass is 9.76. The van der Waals surface area contributed by atoms with Gasteiger partial charge in [0, 0.05) is 52.4 Å². The van der Waals surface area contributed by atoms with E-state index in [9.17, 15) is 4.79 Å². The molecule has 1 atom stereocenters. The van der Waals surface area contributed by atoms with Crippen molar-refractivity contribution in [2.24, 2.45) is 12.5 Å². The SMILES string of the molecule is Cc1cc(C(=O)N2CCC3(CC2)CC(CN2CCOCC2)N(C)C3)n(C)n1. The molecule has 0 saturated carbocycles. The van der Waals surface area contributed by atoms with E-state index in [-0.39, 0.29) is 5.91 Å². The lowest BCUT2D eigenvalue weighted by Gasteiger charge is -2.39. The van der Waals surface area contributed by atoms with Crippen molar-refractivity contribution < 1.29 is 9.53 Å². The van der Waals surface area contributed by atoms with Crippen molar-refractivity contribution in [3.8, 4) is 0 Å². The summed E-state index contributed by atoms with van der Waals surface area (Å²) in [5.41, 5.74) is 1.99. The van der Waals surface area contributed by atoms with Crippen LogP contribution in [0.3, 0.4) is 0 Å². The first-order valence-electron chi connectivity index (χ1n) is 10.3. The summed E-state index contributed by atoms with van der Waals surface area (Å²) in [6.45, 7) is 9.83. The third-order valence-electron chi connectivity index (χ3n) is 6.78. The van der Waals surface area contributed by atoms with Gasteiger partial charge >= 0.3 is 0 Å². The van der Waals surface area contributed by atoms with Crippen molar-refractivity contribution in [3.63, 3.8) is 0 Å². The fourth-order valence-electron chi connectivity index (χ4n) is 5.18. The summed E-state index contributed by atoms with van der Waals surface area (Å²) in [4.78, 5) is 20.0. The highest BCUT2D eigenvalue weighted by atomic mass is 16.5. The Labute approximate surface area is 162 Å². The van der Waals surface area contributed by atoms with Crippen molar-refractivity contribution in [2.75, 3.05) is 59.5 Å². The molecule has 1 aromatic heterocycles. The molecule has 3 aliphatic rings. The summed E-state index contributed by atoms with van der Waals surface area (Å²) in [6, 6.07) is 2.53. The molecule has 1 spiro atoms. The van der Waals surface area contributed by atoms with E-state index in [1.807, 2.05) is 24.9 Å². The predicted octanol–water partition coefficient (Wildman–Crippen LogP) is 0.987. The van der Waals surface area contributed by atoms with Gasteiger partial charge in [0.25, 0.3) is 5.91 Å². The van der Waals surface area contributed by atoms with Crippen molar-refractivity contribution in [1.29, 1.82) is 0 Å². The Bertz CT molecular complexity index is 674. The zero-order chi connectivity index (χ0) is 19.0. The molecule has 3 saturated heterocycles. The van der Waals surface area contributed by atoms with E-state index in [4.69, 9.17) is 4.74 Å². The van der Waals surface area contributed by atoms with Gasteiger partial charge in [0.05, 0.1) is 18.9 Å². The van der Waals surface area contributed by atoms with Crippen LogP contribution >= 0.6 is 0 Å². The number of likely N-dealkylation sites (N-methyl/N-ethyl adjacent to an activating group) is 1. The molecule has 7 heteroatoms. The monoisotopic (exact) mass is 375 g/mol. The second-order valence-corrected chi connectivity index (χ2v) is 8.77. The van der Waals surface area contributed by atoms with Crippen LogP contribution in [0, 0.1) is 12.3 Å². The maximum absolute atomic E-state index is 12.9. The number of morpholine rings is 1. The molecule has 1 amide bonds. The number of carbonyl (C=O) groups is 1. The molecule has 7 nitrogen and oxygen atoms in total. The van der Waals surface area contributed by atoms with Crippen LogP contribution in [0.1, 0.15) is 35.4 Å². The van der Waals surface area contributed by atoms with Crippen LogP contribution in [-0.2, 0) is 11.8 Å². The van der Waals surface area contributed by atoms with Crippen LogP contribution in [0.4, 0.5) is 0 Å². The number of amides is 1. The van der Waals surface area contributed by atoms with Crippen molar-refractivity contribution in [2.45, 2.75) is 32.2 Å². The number of hydrogen-bond donors (Lipinski definition) is 0. The summed E-state index contributed by atoms with van der Waals surface area (Å²) < 4.78 is 7.19. The first kappa shape index (κ1) is 18.9. The molecular weight excluding hydrogens is 342 g/mol. The van der Waals surface area contributed by atoms with Gasteiger partial charge in [-0.25, -0.2) is 0 Å². The fraction of sp³-hybridized carbons (Fsp3) is 0.800. The third-order valence-corrected chi connectivity index (χ3v) is 6.78. The molecule has 0 bridgehead atoms. The van der Waals surface area contributed by atoms with E-state index < -0.39 is 0 Å². The number of piperidine rings is 1. The smallest absolute Gasteiger partial charge is 0.272 e. The Morgan fingerprint density at radius 1 is 1.22 bits per heavy atom. The topological polar surface area (TPSA) is 53.8 Å². The molecule has 1 unspecified atom stereocenters. The van der Waals surface area contributed by atoms with Gasteiger partial charge in [0.15, 0.2) is 0 Å². The Kier molecular flexibility index (Phi) is 5.27. The van der Waals surface area contributed by atoms with Gasteiger partial charge < -0.3 is 14.5 Å². The molecule has 4 heterocycles. The minimum Gasteiger partial charge on any atom is -0.379 e. The highest BCUT2D eigenvalue weighted by molar-refractivity contribution is 5.92. The molecule has 0 N–H and O–H groups in total. The molecule has 4 rings (SSSR count). The van der Waals surface area contributed by atoms with Crippen LogP contribution in [-0.4, -0.2) is 96.0 Å². The summed E-state index contributed by atoms with van der Waals surface area (Å²) in [6.07, 6.45) is 3.48. The van der Waals surface area contributed by atoms with E-state index >= 15 is 0 Å². The van der Waals surface area contributed by atoms with Crippen LogP contribution in [0.5, 0.6) is 0 Å². The summed E-state index contributed by atoms with van der Waals surface area (Å²) in [7, 11) is 4.13. The van der Waals surface area contributed by atoms with Gasteiger partial charge in [-0.2, -0.15) is 5.10 Å². The van der Waals surface area contributed by atoms with Crippen LogP contribution in [0.15, 0.2) is 6.07 Å². The minimum atomic E-state index is 0.129. The molecule has 3 fully saturated rings. The molecular formula is C20H33N5O2. The standard InChI is InChI=1S/C20H33N5O2/c1-16-12-18(23(3)21-16)19(26)25-6-4-20(5-7-25)13-17(22(2)15-20)14-24-8-10-27-11-9-24/h12,17H,4-11,13-15H2,1-3H3. The van der Waals surface area contributed by atoms with E-state index in [1.54, 1.807) is 4.68 Å². The number of likely N-dealkylation sites (tertiary alicyclic amines) is 2. The molecule has 0 radical (unpaired) electrons. The zero-order valence-electron chi connectivity index (χ0n) is 17.0. The van der Waals surface area contributed by atoms with Gasteiger partial charge in [0.1, 0.15) is 5.69 Å². The predicted molar refractivity (Wildman–Crippen MR) is 104 cm³/mol. The first-order valence-corrected chi connectivity index (χ1v) is 10.3. The lowest BCUT2D eigenvalue weighted by Crippen LogP contribution is -2.44. The first-order chi connectivity index (χ1) is 13.0. The Hall–Kier alpha value is -1.44. The molecule has 3 aliphatic heterocycles. The Morgan fingerprint density at radius 2 is 1.93 bits per heavy atom. The number of aromatic nitrogens is 2. The average Bonchev–Trinajstić information content (AvgIpc) is 3.14. The van der Waals surface area contributed by atoms with Crippen LogP contribution < -0.4 is 0 Å². The number of aryl methyl sites for hydroxylation is 2. The van der Waals surface area contributed by atoms with Crippen molar-refractivity contribution in [3.05, 3.63) is 17.5 Å². The van der Waals surface area contributed by atoms with Gasteiger partial charge in [-0.05, 0) is 44.7 Å². The van der Waals surface area contributed by atoms with Crippen molar-refractivity contribution >= 4 is 5.91 Å². The van der Waals surface area contributed by atoms with E-state index in [1.165, 1.54) is 6.42 Å². The van der Waals surface area contributed by atoms with E-state index in [0.29, 0.717) is 17.2 Å². The maximum atomic E-state index is 12.9. The lowest BCUT2D eigenvalue weighted by molar-refractivity contribution is 0.0283. The Morgan fingerprint density at radius 3 is 2.56 bits per heavy atom. The highest BCUT2D eigenvalue weighted by Crippen LogP contribution is 2.43. The molecule has 0 aromatic carbocycles. The number of ether oxygens (including phenoxy) is 1. The van der Waals surface area contributed by atoms with Gasteiger partial charge in [-0.1, -0.05) is 0 Å². The van der Waals surface area contributed by atoms with E-state index in [2.05, 4.69) is 21.9 Å². The normalized spacial score (nSPS) is 26.8. The third kappa shape index (κ3) is 3.91. The number of nitrogens with zero attached hydrogens (tertiary/aromatic N) is 5. The molecule has 0 aliphatic carbocycles. The Balaban J connectivity index is 1.34. The van der Waals surface area contributed by atoms with Crippen LogP contribution in [0.25, 0.3) is 0 Å². The number of rotatable bonds is 3. The van der Waals surface area contributed by atoms with Gasteiger partial charge in [-0.15, -0.1) is 0 Å². The summed E-state index contributed by atoms with van der Waals surface area (Å²) >= 11 is 0. The van der Waals surface area contributed by atoms with Gasteiger partial charge in [0.2, 0.25) is 0 Å². The average molecular weight is 376 g/mol. The maximum Gasteiger partial charge on any atom is 0.272 e. The molecule has 27 heavy (non-hydrogen) atoms. The van der Waals surface area contributed by atoms with E-state index in [0.717, 1.165) is 71.0 Å². The quantitative estimate of drug-likeness (QED) is 0.789. The summed E-state index contributed by atoms with van der Waals surface area (Å²) in [5, 5.41) is 4.32. The van der Waals surface area contributed by atoms with Crippen LogP contribution in [0.2, 0.25) is 0 Å². The zero-order valence-corrected chi connectivity index (χ0v) is 17.0. The van der Waals surface area contributed by atoms with Gasteiger partial charge in [-0.3, -0.25) is 14.4 Å². The number of carbonyl (C=O) groups excluding carboxylic acids is 1. The fourth-order valence-corrected chi connectivity index (χ4v) is 5.18. The second kappa shape index (κ2) is 7.53. The molecule has 1 aromatic rings. The minimum absolute atomic E-state index is 0.129. The largest absolute Gasteiger partial charge is 0.379 e. The summed E-state index contributed by atoms with van der Waals surface area (Å²) in [5.74, 6) is 0.129. The highest BCUT2D eigenvalue weighted by Gasteiger charge is 2.45. The molecule has 150 valence electrons. The second-order valence-electron chi connectivity index (χ2n) is 8.77.